The minimum absolute atomic E-state index is 0. The number of carbonyl (C=O) groups is 2. The molecule has 2 amide bonds. The number of anilines is 2. The highest BCUT2D eigenvalue weighted by molar-refractivity contribution is 6.00. The van der Waals surface area contributed by atoms with E-state index in [2.05, 4.69) is 20.6 Å². The number of nitrogens with one attached hydrogen (secondary N) is 2. The molecule has 8 nitrogen and oxygen atoms in total. The van der Waals surface area contributed by atoms with Crippen LogP contribution >= 0.6 is 12.4 Å². The third-order valence-corrected chi connectivity index (χ3v) is 5.69. The number of carbonyl (C=O) groups excluding carboxylic acids is 2. The lowest BCUT2D eigenvalue weighted by Crippen LogP contribution is -2.29. The Morgan fingerprint density at radius 1 is 1.24 bits per heavy atom. The van der Waals surface area contributed by atoms with E-state index in [1.165, 1.54) is 0 Å². The monoisotopic (exact) mass is 418 g/mol. The molecule has 29 heavy (non-hydrogen) atoms. The highest BCUT2D eigenvalue weighted by Gasteiger charge is 2.35. The SMILES string of the molecule is Cl.Cn1cc([C@H]2CNC[C@@H]2C(=O)Nc2cc(C(N)=O)ccc2N2CCCC2)cn1. The molecule has 3 heterocycles. The third-order valence-electron chi connectivity index (χ3n) is 5.69. The van der Waals surface area contributed by atoms with E-state index in [1.807, 2.05) is 25.5 Å². The second-order valence-corrected chi connectivity index (χ2v) is 7.60. The Morgan fingerprint density at radius 2 is 2.00 bits per heavy atom. The van der Waals surface area contributed by atoms with Crippen molar-refractivity contribution in [2.24, 2.45) is 18.7 Å². The number of rotatable bonds is 5. The number of halogens is 1. The van der Waals surface area contributed by atoms with Crippen molar-refractivity contribution >= 4 is 35.6 Å². The molecular weight excluding hydrogens is 392 g/mol. The van der Waals surface area contributed by atoms with Gasteiger partial charge in [-0.1, -0.05) is 0 Å². The molecule has 4 N–H and O–H groups in total. The van der Waals surface area contributed by atoms with E-state index < -0.39 is 5.91 Å². The van der Waals surface area contributed by atoms with E-state index >= 15 is 0 Å². The minimum atomic E-state index is -0.501. The van der Waals surface area contributed by atoms with Gasteiger partial charge in [0.25, 0.3) is 0 Å². The van der Waals surface area contributed by atoms with E-state index in [-0.39, 0.29) is 30.2 Å². The first-order valence-electron chi connectivity index (χ1n) is 9.72. The van der Waals surface area contributed by atoms with Crippen LogP contribution < -0.4 is 21.3 Å². The predicted octanol–water partition coefficient (Wildman–Crippen LogP) is 1.48. The summed E-state index contributed by atoms with van der Waals surface area (Å²) < 4.78 is 1.75. The van der Waals surface area contributed by atoms with Gasteiger partial charge in [0.15, 0.2) is 0 Å². The lowest BCUT2D eigenvalue weighted by molar-refractivity contribution is -0.119. The zero-order valence-corrected chi connectivity index (χ0v) is 17.2. The van der Waals surface area contributed by atoms with Gasteiger partial charge in [-0.05, 0) is 36.6 Å². The van der Waals surface area contributed by atoms with E-state index in [1.54, 1.807) is 16.8 Å². The van der Waals surface area contributed by atoms with E-state index in [4.69, 9.17) is 5.73 Å². The van der Waals surface area contributed by atoms with Crippen LogP contribution in [0.15, 0.2) is 30.6 Å². The number of amides is 2. The number of nitrogens with zero attached hydrogens (tertiary/aromatic N) is 3. The number of hydrogen-bond acceptors (Lipinski definition) is 5. The summed E-state index contributed by atoms with van der Waals surface area (Å²) >= 11 is 0. The zero-order valence-electron chi connectivity index (χ0n) is 16.4. The van der Waals surface area contributed by atoms with Gasteiger partial charge in [-0.25, -0.2) is 0 Å². The Kier molecular flexibility index (Phi) is 6.44. The summed E-state index contributed by atoms with van der Waals surface area (Å²) in [6, 6.07) is 5.29. The van der Waals surface area contributed by atoms with Crippen molar-refractivity contribution in [2.45, 2.75) is 18.8 Å². The van der Waals surface area contributed by atoms with Crippen LogP contribution in [0.1, 0.15) is 34.7 Å². The predicted molar refractivity (Wildman–Crippen MR) is 115 cm³/mol. The maximum absolute atomic E-state index is 13.1. The van der Waals surface area contributed by atoms with Crippen molar-refractivity contribution < 1.29 is 9.59 Å². The molecule has 2 atom stereocenters. The van der Waals surface area contributed by atoms with Crippen LogP contribution in [0.3, 0.4) is 0 Å². The van der Waals surface area contributed by atoms with Gasteiger partial charge >= 0.3 is 0 Å². The maximum atomic E-state index is 13.1. The van der Waals surface area contributed by atoms with Crippen LogP contribution in [0.4, 0.5) is 11.4 Å². The Balaban J connectivity index is 0.00000240. The summed E-state index contributed by atoms with van der Waals surface area (Å²) in [7, 11) is 1.87. The van der Waals surface area contributed by atoms with E-state index in [9.17, 15) is 9.59 Å². The van der Waals surface area contributed by atoms with Gasteiger partial charge in [0.05, 0.1) is 23.5 Å². The molecule has 0 unspecified atom stereocenters. The highest BCUT2D eigenvalue weighted by atomic mass is 35.5. The Labute approximate surface area is 176 Å². The van der Waals surface area contributed by atoms with E-state index in [0.29, 0.717) is 17.8 Å². The lowest BCUT2D eigenvalue weighted by atomic mass is 9.90. The van der Waals surface area contributed by atoms with Crippen molar-refractivity contribution in [1.82, 2.24) is 15.1 Å². The lowest BCUT2D eigenvalue weighted by Gasteiger charge is -2.24. The second-order valence-electron chi connectivity index (χ2n) is 7.60. The topological polar surface area (TPSA) is 105 Å². The average molecular weight is 419 g/mol. The van der Waals surface area contributed by atoms with Crippen molar-refractivity contribution in [2.75, 3.05) is 36.4 Å². The molecule has 0 saturated carbocycles. The first kappa shape index (κ1) is 21.1. The van der Waals surface area contributed by atoms with Crippen molar-refractivity contribution in [3.8, 4) is 0 Å². The fourth-order valence-electron chi connectivity index (χ4n) is 4.18. The first-order valence-corrected chi connectivity index (χ1v) is 9.72. The molecule has 4 rings (SSSR count). The Morgan fingerprint density at radius 3 is 2.66 bits per heavy atom. The second kappa shape index (κ2) is 8.84. The van der Waals surface area contributed by atoms with Gasteiger partial charge in [-0.2, -0.15) is 5.10 Å². The zero-order chi connectivity index (χ0) is 19.7. The summed E-state index contributed by atoms with van der Waals surface area (Å²) in [5.41, 5.74) is 8.50. The van der Waals surface area contributed by atoms with Crippen molar-refractivity contribution in [3.05, 3.63) is 41.7 Å². The number of primary amides is 1. The smallest absolute Gasteiger partial charge is 0.248 e. The van der Waals surface area contributed by atoms with Gasteiger partial charge in [0.1, 0.15) is 0 Å². The summed E-state index contributed by atoms with van der Waals surface area (Å²) in [4.78, 5) is 27.0. The standard InChI is InChI=1S/C20H26N6O2.ClH/c1-25-12-14(9-23-25)15-10-22-11-16(15)20(28)24-17-8-13(19(21)27)4-5-18(17)26-6-2-3-7-26;/h4-5,8-9,12,15-16,22H,2-3,6-7,10-11H2,1H3,(H2,21,27)(H,24,28);1H/t15-,16+;/m1./s1. The molecule has 2 aliphatic heterocycles. The Bertz CT molecular complexity index is 893. The van der Waals surface area contributed by atoms with Crippen LogP contribution in [0.5, 0.6) is 0 Å². The minimum Gasteiger partial charge on any atom is -0.370 e. The number of aromatic nitrogens is 2. The van der Waals surface area contributed by atoms with Crippen molar-refractivity contribution in [3.63, 3.8) is 0 Å². The molecule has 2 saturated heterocycles. The van der Waals surface area contributed by atoms with Crippen LogP contribution in [-0.2, 0) is 11.8 Å². The molecule has 2 aliphatic rings. The highest BCUT2D eigenvalue weighted by Crippen LogP contribution is 2.33. The summed E-state index contributed by atoms with van der Waals surface area (Å²) in [6.07, 6.45) is 6.03. The normalized spacial score (nSPS) is 21.1. The molecule has 2 aromatic rings. The molecule has 156 valence electrons. The summed E-state index contributed by atoms with van der Waals surface area (Å²) in [6.45, 7) is 3.24. The fourth-order valence-corrected chi connectivity index (χ4v) is 4.18. The van der Waals surface area contributed by atoms with E-state index in [0.717, 1.165) is 43.7 Å². The van der Waals surface area contributed by atoms with Gasteiger partial charge in [0.2, 0.25) is 11.8 Å². The average Bonchev–Trinajstić information content (AvgIpc) is 3.42. The van der Waals surface area contributed by atoms with Gasteiger partial charge in [0, 0.05) is 50.9 Å². The molecule has 0 spiro atoms. The van der Waals surface area contributed by atoms with Crippen LogP contribution in [0.25, 0.3) is 0 Å². The van der Waals surface area contributed by atoms with Gasteiger partial charge < -0.3 is 21.3 Å². The van der Waals surface area contributed by atoms with Gasteiger partial charge in [-0.15, -0.1) is 12.4 Å². The number of hydrogen-bond donors (Lipinski definition) is 3. The number of aryl methyl sites for hydroxylation is 1. The summed E-state index contributed by atoms with van der Waals surface area (Å²) in [5.74, 6) is -0.684. The first-order chi connectivity index (χ1) is 13.5. The summed E-state index contributed by atoms with van der Waals surface area (Å²) in [5, 5.41) is 10.6. The molecule has 0 radical (unpaired) electrons. The molecule has 1 aromatic carbocycles. The molecular formula is C20H27ClN6O2. The Hall–Kier alpha value is -2.58. The van der Waals surface area contributed by atoms with Crippen LogP contribution in [0, 0.1) is 5.92 Å². The molecule has 0 aliphatic carbocycles. The molecule has 2 fully saturated rings. The van der Waals surface area contributed by atoms with Crippen molar-refractivity contribution in [1.29, 1.82) is 0 Å². The molecule has 0 bridgehead atoms. The molecule has 1 aromatic heterocycles. The maximum Gasteiger partial charge on any atom is 0.248 e. The quantitative estimate of drug-likeness (QED) is 0.682. The third kappa shape index (κ3) is 4.38. The fraction of sp³-hybridized carbons (Fsp3) is 0.450. The number of benzene rings is 1. The largest absolute Gasteiger partial charge is 0.370 e. The number of nitrogens with two attached hydrogens (primary N) is 1. The van der Waals surface area contributed by atoms with Crippen LogP contribution in [-0.4, -0.2) is 47.8 Å². The van der Waals surface area contributed by atoms with Crippen LogP contribution in [0.2, 0.25) is 0 Å². The molecule has 9 heteroatoms. The van der Waals surface area contributed by atoms with Gasteiger partial charge in [-0.3, -0.25) is 14.3 Å².